The maximum absolute atomic E-state index is 13.5. The first-order valence-corrected chi connectivity index (χ1v) is 16.8. The van der Waals surface area contributed by atoms with Gasteiger partial charge >= 0.3 is 5.97 Å². The first kappa shape index (κ1) is 32.8. The topological polar surface area (TPSA) is 103 Å². The molecule has 1 aliphatic rings. The lowest BCUT2D eigenvalue weighted by Crippen LogP contribution is -2.29. The van der Waals surface area contributed by atoms with Gasteiger partial charge in [0.1, 0.15) is 0 Å². The van der Waals surface area contributed by atoms with Gasteiger partial charge in [-0.3, -0.25) is 19.4 Å². The molecule has 46 heavy (non-hydrogen) atoms. The standard InChI is InChI=1S/C37H40N4O4S/c1-26-8-6-9-27(20-26)24-40(2)37(45)30-14-16-38-34(22-30)32-23-31(41-17-4-3-5-18-41)12-13-33(32)39-36(44)29-11-7-10-28(21-29)25-46-19-15-35(42)43/h6-14,16,20-23H,3-5,15,17-19,24-25H2,1-2H3,(H,39,44)(H,42,43). The fraction of sp³-hybridized carbons (Fsp3) is 0.297. The Morgan fingerprint density at radius 2 is 1.70 bits per heavy atom. The quantitative estimate of drug-likeness (QED) is 0.158. The van der Waals surface area contributed by atoms with Gasteiger partial charge in [0, 0.05) is 66.8 Å². The summed E-state index contributed by atoms with van der Waals surface area (Å²) in [5, 5.41) is 12.0. The second kappa shape index (κ2) is 15.6. The number of amides is 2. The predicted molar refractivity (Wildman–Crippen MR) is 186 cm³/mol. The lowest BCUT2D eigenvalue weighted by atomic mass is 10.0. The summed E-state index contributed by atoms with van der Waals surface area (Å²) in [6.45, 7) is 4.47. The van der Waals surface area contributed by atoms with Gasteiger partial charge in [-0.1, -0.05) is 42.0 Å². The largest absolute Gasteiger partial charge is 0.481 e. The number of hydrogen-bond donors (Lipinski definition) is 2. The van der Waals surface area contributed by atoms with Crippen LogP contribution in [0.25, 0.3) is 11.3 Å². The molecule has 238 valence electrons. The predicted octanol–water partition coefficient (Wildman–Crippen LogP) is 7.28. The third-order valence-electron chi connectivity index (χ3n) is 8.02. The van der Waals surface area contributed by atoms with Gasteiger partial charge in [-0.25, -0.2) is 0 Å². The molecule has 2 amide bonds. The van der Waals surface area contributed by atoms with E-state index in [9.17, 15) is 14.4 Å². The van der Waals surface area contributed by atoms with Crippen molar-refractivity contribution in [3.63, 3.8) is 0 Å². The van der Waals surface area contributed by atoms with Crippen molar-refractivity contribution in [2.75, 3.05) is 36.1 Å². The molecule has 2 heterocycles. The van der Waals surface area contributed by atoms with Crippen LogP contribution in [0.3, 0.4) is 0 Å². The van der Waals surface area contributed by atoms with Crippen LogP contribution in [-0.2, 0) is 17.1 Å². The normalized spacial score (nSPS) is 12.9. The number of carbonyl (C=O) groups is 3. The van der Waals surface area contributed by atoms with Crippen LogP contribution in [0.1, 0.15) is 63.1 Å². The van der Waals surface area contributed by atoms with Crippen molar-refractivity contribution < 1.29 is 19.5 Å². The van der Waals surface area contributed by atoms with Crippen LogP contribution in [0.4, 0.5) is 11.4 Å². The summed E-state index contributed by atoms with van der Waals surface area (Å²) in [7, 11) is 1.80. The average Bonchev–Trinajstić information content (AvgIpc) is 3.07. The van der Waals surface area contributed by atoms with Crippen LogP contribution in [0.2, 0.25) is 0 Å². The van der Waals surface area contributed by atoms with E-state index in [4.69, 9.17) is 5.11 Å². The van der Waals surface area contributed by atoms with Crippen molar-refractivity contribution in [1.82, 2.24) is 9.88 Å². The van der Waals surface area contributed by atoms with E-state index < -0.39 is 5.97 Å². The lowest BCUT2D eigenvalue weighted by molar-refractivity contribution is -0.136. The van der Waals surface area contributed by atoms with Crippen LogP contribution < -0.4 is 10.2 Å². The van der Waals surface area contributed by atoms with Gasteiger partial charge in [-0.05, 0) is 79.8 Å². The highest BCUT2D eigenvalue weighted by molar-refractivity contribution is 7.98. The zero-order valence-corrected chi connectivity index (χ0v) is 27.2. The number of aliphatic carboxylic acids is 1. The van der Waals surface area contributed by atoms with Gasteiger partial charge in [0.2, 0.25) is 0 Å². The molecule has 0 aliphatic carbocycles. The molecular weight excluding hydrogens is 596 g/mol. The van der Waals surface area contributed by atoms with E-state index in [0.717, 1.165) is 53.9 Å². The molecule has 0 unspecified atom stereocenters. The van der Waals surface area contributed by atoms with Crippen molar-refractivity contribution in [2.24, 2.45) is 0 Å². The smallest absolute Gasteiger partial charge is 0.304 e. The Balaban J connectivity index is 1.40. The fourth-order valence-corrected chi connectivity index (χ4v) is 6.51. The van der Waals surface area contributed by atoms with Gasteiger partial charge in [0.05, 0.1) is 17.8 Å². The first-order valence-electron chi connectivity index (χ1n) is 15.6. The van der Waals surface area contributed by atoms with Gasteiger partial charge in [-0.15, -0.1) is 0 Å². The number of benzene rings is 3. The molecule has 0 bridgehead atoms. The molecule has 9 heteroatoms. The molecule has 2 N–H and O–H groups in total. The summed E-state index contributed by atoms with van der Waals surface area (Å²) < 4.78 is 0. The SMILES string of the molecule is Cc1cccc(CN(C)C(=O)c2ccnc(-c3cc(N4CCCCC4)ccc3NC(=O)c3cccc(CSCCC(=O)O)c3)c2)c1. The minimum atomic E-state index is -0.818. The molecule has 0 spiro atoms. The first-order chi connectivity index (χ1) is 22.3. The fourth-order valence-electron chi connectivity index (χ4n) is 5.64. The van der Waals surface area contributed by atoms with Crippen LogP contribution in [-0.4, -0.2) is 58.7 Å². The van der Waals surface area contributed by atoms with E-state index in [2.05, 4.69) is 27.3 Å². The Labute approximate surface area is 274 Å². The molecule has 0 saturated carbocycles. The number of nitrogens with zero attached hydrogens (tertiary/aromatic N) is 3. The molecule has 5 rings (SSSR count). The Hall–Kier alpha value is -4.63. The van der Waals surface area contributed by atoms with Crippen LogP contribution in [0.5, 0.6) is 0 Å². The molecule has 3 aromatic carbocycles. The van der Waals surface area contributed by atoms with Gasteiger partial charge < -0.3 is 20.2 Å². The van der Waals surface area contributed by atoms with E-state index in [1.165, 1.54) is 18.2 Å². The highest BCUT2D eigenvalue weighted by Crippen LogP contribution is 2.33. The molecule has 4 aromatic rings. The second-order valence-corrected chi connectivity index (χ2v) is 12.8. The summed E-state index contributed by atoms with van der Waals surface area (Å²) in [6.07, 6.45) is 5.23. The number of aryl methyl sites for hydroxylation is 1. The number of nitrogens with one attached hydrogen (secondary N) is 1. The minimum Gasteiger partial charge on any atom is -0.481 e. The number of thioether (sulfide) groups is 1. The third-order valence-corrected chi connectivity index (χ3v) is 9.05. The summed E-state index contributed by atoms with van der Waals surface area (Å²) in [6, 6.07) is 25.1. The van der Waals surface area contributed by atoms with Gasteiger partial charge in [0.25, 0.3) is 11.8 Å². The van der Waals surface area contributed by atoms with Crippen molar-refractivity contribution in [3.05, 3.63) is 113 Å². The molecule has 1 aromatic heterocycles. The molecule has 1 aliphatic heterocycles. The highest BCUT2D eigenvalue weighted by atomic mass is 32.2. The third kappa shape index (κ3) is 8.75. The van der Waals surface area contributed by atoms with Crippen LogP contribution in [0, 0.1) is 6.92 Å². The molecule has 0 radical (unpaired) electrons. The molecule has 8 nitrogen and oxygen atoms in total. The number of piperidine rings is 1. The van der Waals surface area contributed by atoms with Crippen LogP contribution >= 0.6 is 11.8 Å². The lowest BCUT2D eigenvalue weighted by Gasteiger charge is -2.29. The molecule has 1 fully saturated rings. The van der Waals surface area contributed by atoms with E-state index in [1.54, 1.807) is 36.3 Å². The second-order valence-electron chi connectivity index (χ2n) is 11.7. The van der Waals surface area contributed by atoms with Crippen molar-refractivity contribution in [3.8, 4) is 11.3 Å². The number of rotatable bonds is 12. The number of hydrogen-bond acceptors (Lipinski definition) is 6. The maximum atomic E-state index is 13.5. The number of aromatic nitrogens is 1. The monoisotopic (exact) mass is 636 g/mol. The number of carboxylic acids is 1. The summed E-state index contributed by atoms with van der Waals surface area (Å²) in [4.78, 5) is 46.6. The number of pyridine rings is 1. The Morgan fingerprint density at radius 1 is 0.913 bits per heavy atom. The van der Waals surface area contributed by atoms with E-state index in [0.29, 0.717) is 40.6 Å². The van der Waals surface area contributed by atoms with Crippen molar-refractivity contribution in [1.29, 1.82) is 0 Å². The Bertz CT molecular complexity index is 1700. The van der Waals surface area contributed by atoms with E-state index in [-0.39, 0.29) is 18.2 Å². The van der Waals surface area contributed by atoms with Crippen molar-refractivity contribution in [2.45, 2.75) is 44.9 Å². The van der Waals surface area contributed by atoms with Gasteiger partial charge in [-0.2, -0.15) is 11.8 Å². The zero-order chi connectivity index (χ0) is 32.5. The number of carbonyl (C=O) groups excluding carboxylic acids is 2. The average molecular weight is 637 g/mol. The van der Waals surface area contributed by atoms with E-state index >= 15 is 0 Å². The molecule has 1 saturated heterocycles. The maximum Gasteiger partial charge on any atom is 0.304 e. The Kier molecular flexibility index (Phi) is 11.1. The summed E-state index contributed by atoms with van der Waals surface area (Å²) in [5.41, 5.74) is 7.21. The number of carboxylic acid groups (broad SMARTS) is 1. The summed E-state index contributed by atoms with van der Waals surface area (Å²) >= 11 is 1.52. The van der Waals surface area contributed by atoms with Gasteiger partial charge in [0.15, 0.2) is 0 Å². The van der Waals surface area contributed by atoms with E-state index in [1.807, 2.05) is 55.5 Å². The zero-order valence-electron chi connectivity index (χ0n) is 26.4. The minimum absolute atomic E-state index is 0.102. The Morgan fingerprint density at radius 3 is 2.48 bits per heavy atom. The highest BCUT2D eigenvalue weighted by Gasteiger charge is 2.19. The van der Waals surface area contributed by atoms with Crippen molar-refractivity contribution >= 4 is 40.9 Å². The molecule has 0 atom stereocenters. The molecular formula is C37H40N4O4S. The number of anilines is 2. The summed E-state index contributed by atoms with van der Waals surface area (Å²) in [5.74, 6) is -0.0565. The van der Waals surface area contributed by atoms with Crippen LogP contribution in [0.15, 0.2) is 85.1 Å².